The number of piperidine rings is 1. The summed E-state index contributed by atoms with van der Waals surface area (Å²) < 4.78 is 2.18. The molecule has 5 heteroatoms. The Kier molecular flexibility index (Phi) is 4.89. The van der Waals surface area contributed by atoms with E-state index in [0.717, 1.165) is 49.1 Å². The maximum atomic E-state index is 11.7. The molecule has 0 unspecified atom stereocenters. The molecule has 0 aliphatic carbocycles. The van der Waals surface area contributed by atoms with E-state index in [2.05, 4.69) is 9.47 Å². The van der Waals surface area contributed by atoms with E-state index in [0.29, 0.717) is 18.0 Å². The fraction of sp³-hybridized carbons (Fsp3) is 0.550. The topological polar surface area (TPSA) is 65.7 Å². The van der Waals surface area contributed by atoms with Gasteiger partial charge in [0.05, 0.1) is 11.2 Å². The number of carboxylic acid groups (broad SMARTS) is 1. The summed E-state index contributed by atoms with van der Waals surface area (Å²) in [6.07, 6.45) is 2.15. The molecule has 0 amide bonds. The molecular weight excluding hydrogens is 316 g/mol. The van der Waals surface area contributed by atoms with Gasteiger partial charge in [-0.3, -0.25) is 0 Å². The van der Waals surface area contributed by atoms with Crippen LogP contribution in [0.25, 0.3) is 10.9 Å². The van der Waals surface area contributed by atoms with Crippen LogP contribution in [0.5, 0.6) is 0 Å². The van der Waals surface area contributed by atoms with Crippen molar-refractivity contribution in [3.63, 3.8) is 0 Å². The fourth-order valence-corrected chi connectivity index (χ4v) is 4.07. The molecule has 136 valence electrons. The van der Waals surface area contributed by atoms with Crippen LogP contribution in [0.1, 0.15) is 42.7 Å². The molecule has 1 aliphatic rings. The summed E-state index contributed by atoms with van der Waals surface area (Å²) in [6.45, 7) is 9.14. The number of benzene rings is 1. The molecule has 0 saturated carbocycles. The molecular formula is C20H28N2O3. The highest BCUT2D eigenvalue weighted by molar-refractivity contribution is 6.05. The van der Waals surface area contributed by atoms with Crippen molar-refractivity contribution in [2.24, 2.45) is 5.92 Å². The van der Waals surface area contributed by atoms with Crippen molar-refractivity contribution in [3.05, 3.63) is 35.5 Å². The number of likely N-dealkylation sites (tertiary alicyclic amines) is 1. The van der Waals surface area contributed by atoms with Gasteiger partial charge in [0, 0.05) is 29.7 Å². The van der Waals surface area contributed by atoms with Crippen molar-refractivity contribution in [2.75, 3.05) is 19.6 Å². The van der Waals surface area contributed by atoms with Crippen molar-refractivity contribution < 1.29 is 15.0 Å². The second kappa shape index (κ2) is 6.81. The number of β-amino-alcohol motifs (C(OH)–C–C–N with tert-alkyl or cyclic N) is 1. The molecule has 1 fully saturated rings. The van der Waals surface area contributed by atoms with Crippen LogP contribution < -0.4 is 0 Å². The van der Waals surface area contributed by atoms with Crippen LogP contribution in [0, 0.1) is 12.8 Å². The number of carboxylic acids is 1. The summed E-state index contributed by atoms with van der Waals surface area (Å²) in [4.78, 5) is 14.0. The van der Waals surface area contributed by atoms with E-state index >= 15 is 0 Å². The number of aromatic carboxylic acids is 1. The van der Waals surface area contributed by atoms with Gasteiger partial charge in [-0.05, 0) is 58.7 Å². The Morgan fingerprint density at radius 2 is 1.88 bits per heavy atom. The lowest BCUT2D eigenvalue weighted by Crippen LogP contribution is -2.43. The Morgan fingerprint density at radius 3 is 2.48 bits per heavy atom. The Morgan fingerprint density at radius 1 is 1.24 bits per heavy atom. The van der Waals surface area contributed by atoms with E-state index in [4.69, 9.17) is 0 Å². The number of aromatic nitrogens is 1. The van der Waals surface area contributed by atoms with Crippen molar-refractivity contribution in [1.82, 2.24) is 9.47 Å². The number of para-hydroxylation sites is 1. The molecule has 5 nitrogen and oxygen atoms in total. The van der Waals surface area contributed by atoms with Crippen LogP contribution in [0.2, 0.25) is 0 Å². The van der Waals surface area contributed by atoms with Gasteiger partial charge in [0.15, 0.2) is 0 Å². The molecule has 3 rings (SSSR count). The molecule has 2 aromatic rings. The van der Waals surface area contributed by atoms with E-state index in [9.17, 15) is 15.0 Å². The number of fused-ring (bicyclic) bond motifs is 1. The molecule has 1 aliphatic heterocycles. The Labute approximate surface area is 148 Å². The Bertz CT molecular complexity index is 765. The average molecular weight is 344 g/mol. The maximum Gasteiger partial charge on any atom is 0.338 e. The van der Waals surface area contributed by atoms with E-state index < -0.39 is 11.6 Å². The first kappa shape index (κ1) is 18.0. The van der Waals surface area contributed by atoms with Gasteiger partial charge in [-0.1, -0.05) is 18.2 Å². The SMILES string of the molecule is Cc1c(C(=O)O)c2ccccc2n1CC1CCN(CC(C)(C)O)CC1. The normalized spacial score (nSPS) is 17.3. The van der Waals surface area contributed by atoms with Crippen molar-refractivity contribution in [1.29, 1.82) is 0 Å². The number of hydrogen-bond acceptors (Lipinski definition) is 3. The average Bonchev–Trinajstić information content (AvgIpc) is 2.80. The largest absolute Gasteiger partial charge is 0.478 e. The van der Waals surface area contributed by atoms with Gasteiger partial charge in [-0.15, -0.1) is 0 Å². The predicted molar refractivity (Wildman–Crippen MR) is 99.1 cm³/mol. The van der Waals surface area contributed by atoms with Crippen LogP contribution in [0.4, 0.5) is 0 Å². The fourth-order valence-electron chi connectivity index (χ4n) is 4.07. The molecule has 0 spiro atoms. The lowest BCUT2D eigenvalue weighted by molar-refractivity contribution is 0.0235. The molecule has 0 atom stereocenters. The van der Waals surface area contributed by atoms with E-state index in [-0.39, 0.29) is 0 Å². The molecule has 2 heterocycles. The summed E-state index contributed by atoms with van der Waals surface area (Å²) in [5.41, 5.74) is 1.62. The number of aliphatic hydroxyl groups is 1. The summed E-state index contributed by atoms with van der Waals surface area (Å²) in [5, 5.41) is 20.4. The van der Waals surface area contributed by atoms with Crippen LogP contribution >= 0.6 is 0 Å². The van der Waals surface area contributed by atoms with Crippen molar-refractivity contribution >= 4 is 16.9 Å². The van der Waals surface area contributed by atoms with E-state index in [1.165, 1.54) is 0 Å². The first-order chi connectivity index (χ1) is 11.8. The third-order valence-corrected chi connectivity index (χ3v) is 5.20. The third-order valence-electron chi connectivity index (χ3n) is 5.20. The minimum absolute atomic E-state index is 0.426. The maximum absolute atomic E-state index is 11.7. The summed E-state index contributed by atoms with van der Waals surface area (Å²) in [7, 11) is 0. The van der Waals surface area contributed by atoms with Gasteiger partial charge in [0.25, 0.3) is 0 Å². The van der Waals surface area contributed by atoms with Gasteiger partial charge < -0.3 is 19.7 Å². The van der Waals surface area contributed by atoms with E-state index in [1.54, 1.807) is 0 Å². The summed E-state index contributed by atoms with van der Waals surface area (Å²) in [6, 6.07) is 7.77. The van der Waals surface area contributed by atoms with Crippen LogP contribution in [0.15, 0.2) is 24.3 Å². The van der Waals surface area contributed by atoms with Crippen LogP contribution in [-0.4, -0.2) is 50.9 Å². The minimum Gasteiger partial charge on any atom is -0.478 e. The van der Waals surface area contributed by atoms with Gasteiger partial charge >= 0.3 is 5.97 Å². The minimum atomic E-state index is -0.854. The highest BCUT2D eigenvalue weighted by Crippen LogP contribution is 2.29. The Hall–Kier alpha value is -1.85. The zero-order valence-corrected chi connectivity index (χ0v) is 15.3. The Balaban J connectivity index is 1.76. The van der Waals surface area contributed by atoms with Crippen LogP contribution in [-0.2, 0) is 6.54 Å². The predicted octanol–water partition coefficient (Wildman–Crippen LogP) is 3.13. The van der Waals surface area contributed by atoms with Gasteiger partial charge in [0.2, 0.25) is 0 Å². The summed E-state index contributed by atoms with van der Waals surface area (Å²) >= 11 is 0. The van der Waals surface area contributed by atoms with Crippen molar-refractivity contribution in [2.45, 2.75) is 45.8 Å². The lowest BCUT2D eigenvalue weighted by atomic mass is 9.95. The first-order valence-corrected chi connectivity index (χ1v) is 9.02. The quantitative estimate of drug-likeness (QED) is 0.874. The van der Waals surface area contributed by atoms with Gasteiger partial charge in [0.1, 0.15) is 0 Å². The molecule has 1 aromatic heterocycles. The highest BCUT2D eigenvalue weighted by atomic mass is 16.4. The molecule has 25 heavy (non-hydrogen) atoms. The second-order valence-corrected chi connectivity index (χ2v) is 7.93. The molecule has 0 bridgehead atoms. The molecule has 0 radical (unpaired) electrons. The van der Waals surface area contributed by atoms with E-state index in [1.807, 2.05) is 45.0 Å². The number of carbonyl (C=O) groups is 1. The van der Waals surface area contributed by atoms with Gasteiger partial charge in [-0.2, -0.15) is 0 Å². The number of rotatable bonds is 5. The van der Waals surface area contributed by atoms with Crippen molar-refractivity contribution in [3.8, 4) is 0 Å². The zero-order valence-electron chi connectivity index (χ0n) is 15.3. The number of hydrogen-bond donors (Lipinski definition) is 2. The lowest BCUT2D eigenvalue weighted by Gasteiger charge is -2.35. The number of nitrogens with zero attached hydrogens (tertiary/aromatic N) is 2. The molecule has 2 N–H and O–H groups in total. The first-order valence-electron chi connectivity index (χ1n) is 9.02. The molecule has 1 aromatic carbocycles. The van der Waals surface area contributed by atoms with Crippen LogP contribution in [0.3, 0.4) is 0 Å². The summed E-state index contributed by atoms with van der Waals surface area (Å²) in [5.74, 6) is -0.318. The second-order valence-electron chi connectivity index (χ2n) is 7.93. The monoisotopic (exact) mass is 344 g/mol. The van der Waals surface area contributed by atoms with Gasteiger partial charge in [-0.25, -0.2) is 4.79 Å². The third kappa shape index (κ3) is 3.88. The highest BCUT2D eigenvalue weighted by Gasteiger charge is 2.26. The standard InChI is InChI=1S/C20H28N2O3/c1-14-18(19(23)24)16-6-4-5-7-17(16)22(14)12-15-8-10-21(11-9-15)13-20(2,3)25/h4-7,15,25H,8-13H2,1-3H3,(H,23,24). The smallest absolute Gasteiger partial charge is 0.338 e. The zero-order chi connectivity index (χ0) is 18.2. The molecule has 1 saturated heterocycles.